The van der Waals surface area contributed by atoms with E-state index in [1.165, 1.54) is 37.5 Å². The van der Waals surface area contributed by atoms with Crippen molar-refractivity contribution < 1.29 is 0 Å². The second kappa shape index (κ2) is 8.67. The van der Waals surface area contributed by atoms with Crippen LogP contribution in [0.2, 0.25) is 0 Å². The van der Waals surface area contributed by atoms with Crippen LogP contribution in [0.4, 0.5) is 0 Å². The quantitative estimate of drug-likeness (QED) is 0.838. The average Bonchev–Trinajstić information content (AvgIpc) is 2.88. The minimum absolute atomic E-state index is 0.291. The molecule has 0 bridgehead atoms. The highest BCUT2D eigenvalue weighted by molar-refractivity contribution is 5.70. The Morgan fingerprint density at radius 1 is 1.00 bits per heavy atom. The van der Waals surface area contributed by atoms with Crippen LogP contribution in [0.3, 0.4) is 0 Å². The highest BCUT2D eigenvalue weighted by Crippen LogP contribution is 2.09. The summed E-state index contributed by atoms with van der Waals surface area (Å²) in [4.78, 5) is 27.9. The maximum absolute atomic E-state index is 12.0. The van der Waals surface area contributed by atoms with E-state index in [0.717, 1.165) is 10.4 Å². The van der Waals surface area contributed by atoms with Crippen LogP contribution in [0.1, 0.15) is 39.4 Å². The van der Waals surface area contributed by atoms with Gasteiger partial charge >= 0.3 is 5.69 Å². The van der Waals surface area contributed by atoms with Crippen molar-refractivity contribution in [1.29, 1.82) is 0 Å². The van der Waals surface area contributed by atoms with Gasteiger partial charge in [0.1, 0.15) is 5.82 Å². The first kappa shape index (κ1) is 19.2. The van der Waals surface area contributed by atoms with E-state index in [1.807, 2.05) is 18.4 Å². The molecule has 2 aromatic heterocycles. The molecule has 0 saturated carbocycles. The van der Waals surface area contributed by atoms with E-state index in [0.29, 0.717) is 17.7 Å². The molecule has 0 atom stereocenters. The fraction of sp³-hybridized carbons (Fsp3) is 0.688. The molecule has 0 aliphatic heterocycles. The third-order valence-corrected chi connectivity index (χ3v) is 3.71. The summed E-state index contributed by atoms with van der Waals surface area (Å²) in [6, 6.07) is 0. The fourth-order valence-electron chi connectivity index (χ4n) is 2.42. The summed E-state index contributed by atoms with van der Waals surface area (Å²) in [5.74, 6) is 0.746. The van der Waals surface area contributed by atoms with Gasteiger partial charge in [-0.2, -0.15) is 0 Å². The Morgan fingerprint density at radius 2 is 1.57 bits per heavy atom. The molecule has 7 nitrogen and oxygen atoms in total. The van der Waals surface area contributed by atoms with Crippen LogP contribution >= 0.6 is 0 Å². The number of aryl methyl sites for hydroxylation is 3. The van der Waals surface area contributed by atoms with E-state index in [2.05, 4.69) is 24.1 Å². The number of rotatable bonds is 5. The molecular weight excluding hydrogens is 294 g/mol. The highest BCUT2D eigenvalue weighted by atomic mass is 16.2. The summed E-state index contributed by atoms with van der Waals surface area (Å²) in [6.07, 6.45) is 2.50. The fourth-order valence-corrected chi connectivity index (χ4v) is 2.42. The smallest absolute Gasteiger partial charge is 0.323 e. The predicted molar refractivity (Wildman–Crippen MR) is 94.1 cm³/mol. The number of hydrogen-bond donors (Lipinski definition) is 1. The minimum atomic E-state index is -0.349. The number of imidazole rings is 1. The van der Waals surface area contributed by atoms with E-state index in [4.69, 9.17) is 0 Å². The van der Waals surface area contributed by atoms with Gasteiger partial charge in [0.05, 0.1) is 0 Å². The summed E-state index contributed by atoms with van der Waals surface area (Å²) >= 11 is 0. The number of fused-ring (bicyclic) bond motifs is 1. The number of hydrogen-bond acceptors (Lipinski definition) is 4. The second-order valence-corrected chi connectivity index (χ2v) is 5.53. The number of nitrogens with zero attached hydrogens (tertiary/aromatic N) is 4. The summed E-state index contributed by atoms with van der Waals surface area (Å²) in [5, 5.41) is 3.28. The molecule has 0 fully saturated rings. The van der Waals surface area contributed by atoms with Gasteiger partial charge in [-0.25, -0.2) is 9.78 Å². The van der Waals surface area contributed by atoms with Gasteiger partial charge in [-0.1, -0.05) is 13.8 Å². The Bertz CT molecular complexity index is 750. The van der Waals surface area contributed by atoms with Crippen molar-refractivity contribution in [2.75, 3.05) is 13.1 Å². The molecule has 1 N–H and O–H groups in total. The van der Waals surface area contributed by atoms with E-state index in [-0.39, 0.29) is 11.2 Å². The second-order valence-electron chi connectivity index (χ2n) is 5.53. The molecule has 0 saturated heterocycles. The molecule has 0 aliphatic rings. The predicted octanol–water partition coefficient (Wildman–Crippen LogP) is 1.16. The summed E-state index contributed by atoms with van der Waals surface area (Å²) in [7, 11) is 3.10. The normalized spacial score (nSPS) is 10.7. The molecule has 2 heterocycles. The average molecular weight is 323 g/mol. The summed E-state index contributed by atoms with van der Waals surface area (Å²) in [6.45, 7) is 11.1. The summed E-state index contributed by atoms with van der Waals surface area (Å²) < 4.78 is 4.32. The van der Waals surface area contributed by atoms with Gasteiger partial charge in [-0.05, 0) is 39.8 Å². The van der Waals surface area contributed by atoms with E-state index in [9.17, 15) is 9.59 Å². The van der Waals surface area contributed by atoms with Crippen molar-refractivity contribution in [2.45, 2.75) is 47.1 Å². The third kappa shape index (κ3) is 4.10. The molecule has 0 aliphatic carbocycles. The van der Waals surface area contributed by atoms with Gasteiger partial charge in [-0.3, -0.25) is 13.9 Å². The lowest BCUT2D eigenvalue weighted by molar-refractivity contribution is 0.662. The first-order valence-electron chi connectivity index (χ1n) is 8.24. The lowest BCUT2D eigenvalue weighted by atomic mass is 10.4. The van der Waals surface area contributed by atoms with Gasteiger partial charge in [0, 0.05) is 20.6 Å². The Balaban J connectivity index is 0.000000322. The Kier molecular flexibility index (Phi) is 7.22. The largest absolute Gasteiger partial charge is 0.332 e. The van der Waals surface area contributed by atoms with Crippen molar-refractivity contribution in [3.8, 4) is 0 Å². The van der Waals surface area contributed by atoms with Crippen LogP contribution in [0.25, 0.3) is 11.2 Å². The monoisotopic (exact) mass is 323 g/mol. The molecule has 0 aromatic carbocycles. The molecule has 2 rings (SSSR count). The van der Waals surface area contributed by atoms with Gasteiger partial charge in [-0.15, -0.1) is 0 Å². The van der Waals surface area contributed by atoms with Crippen molar-refractivity contribution >= 4 is 11.2 Å². The number of aromatic nitrogens is 4. The van der Waals surface area contributed by atoms with Crippen LogP contribution in [-0.4, -0.2) is 31.8 Å². The van der Waals surface area contributed by atoms with Gasteiger partial charge in [0.25, 0.3) is 5.56 Å². The minimum Gasteiger partial charge on any atom is -0.323 e. The molecule has 7 heteroatoms. The third-order valence-electron chi connectivity index (χ3n) is 3.71. The lowest BCUT2D eigenvalue weighted by Crippen LogP contribution is -2.37. The summed E-state index contributed by atoms with van der Waals surface area (Å²) in [5.41, 5.74) is 0.302. The molecule has 130 valence electrons. The topological polar surface area (TPSA) is 73.8 Å². The van der Waals surface area contributed by atoms with E-state index in [1.54, 1.807) is 7.05 Å². The Morgan fingerprint density at radius 3 is 2.04 bits per heavy atom. The van der Waals surface area contributed by atoms with Crippen molar-refractivity contribution in [3.05, 3.63) is 26.7 Å². The Hall–Kier alpha value is -1.89. The molecular formula is C16H29N5O2. The van der Waals surface area contributed by atoms with Crippen LogP contribution in [0.15, 0.2) is 9.59 Å². The van der Waals surface area contributed by atoms with Gasteiger partial charge in [0.2, 0.25) is 0 Å². The molecule has 0 radical (unpaired) electrons. The van der Waals surface area contributed by atoms with Gasteiger partial charge < -0.3 is 9.88 Å². The first-order valence-corrected chi connectivity index (χ1v) is 8.24. The molecule has 23 heavy (non-hydrogen) atoms. The molecule has 2 aromatic rings. The van der Waals surface area contributed by atoms with Crippen LogP contribution in [-0.2, 0) is 20.6 Å². The zero-order chi connectivity index (χ0) is 17.6. The maximum atomic E-state index is 12.0. The molecule has 0 spiro atoms. The highest BCUT2D eigenvalue weighted by Gasteiger charge is 2.15. The van der Waals surface area contributed by atoms with E-state index >= 15 is 0 Å². The van der Waals surface area contributed by atoms with Crippen LogP contribution in [0.5, 0.6) is 0 Å². The first-order chi connectivity index (χ1) is 10.9. The number of nitrogens with one attached hydrogen (secondary N) is 1. The maximum Gasteiger partial charge on any atom is 0.332 e. The zero-order valence-corrected chi connectivity index (χ0v) is 15.1. The standard InChI is InChI=1S/C10H14N4O2.C6H15N/c1-5-14-6(2)11-8-7(14)9(15)13(4)10(16)12(8)3;1-3-5-7-6-4-2/h5H2,1-4H3;7H,3-6H2,1-2H3. The van der Waals surface area contributed by atoms with Crippen molar-refractivity contribution in [3.63, 3.8) is 0 Å². The van der Waals surface area contributed by atoms with Crippen LogP contribution < -0.4 is 16.6 Å². The Labute approximate surface area is 137 Å². The van der Waals surface area contributed by atoms with Crippen molar-refractivity contribution in [1.82, 2.24) is 24.0 Å². The zero-order valence-electron chi connectivity index (χ0n) is 15.1. The van der Waals surface area contributed by atoms with Crippen molar-refractivity contribution in [2.24, 2.45) is 14.1 Å². The van der Waals surface area contributed by atoms with E-state index < -0.39 is 0 Å². The molecule has 0 unspecified atom stereocenters. The van der Waals surface area contributed by atoms with Crippen LogP contribution in [0, 0.1) is 6.92 Å². The van der Waals surface area contributed by atoms with Gasteiger partial charge in [0.15, 0.2) is 11.2 Å². The SMILES string of the molecule is CCCNCCC.CCn1c(C)nc2c1c(=O)n(C)c(=O)n2C. The lowest BCUT2D eigenvalue weighted by Gasteiger charge is -2.04. The molecule has 0 amide bonds.